The summed E-state index contributed by atoms with van der Waals surface area (Å²) in [6, 6.07) is 2.23. The van der Waals surface area contributed by atoms with Crippen LogP contribution in [-0.4, -0.2) is 34.9 Å². The minimum atomic E-state index is 0.445. The van der Waals surface area contributed by atoms with E-state index < -0.39 is 0 Å². The molecular weight excluding hydrogens is 294 g/mol. The van der Waals surface area contributed by atoms with Crippen LogP contribution in [0.15, 0.2) is 23.0 Å². The van der Waals surface area contributed by atoms with Crippen LogP contribution in [0.4, 0.5) is 0 Å². The highest BCUT2D eigenvalue weighted by Crippen LogP contribution is 2.34. The van der Waals surface area contributed by atoms with E-state index in [-0.39, 0.29) is 0 Å². The molecule has 2 aromatic rings. The van der Waals surface area contributed by atoms with Gasteiger partial charge in [-0.2, -0.15) is 16.4 Å². The van der Waals surface area contributed by atoms with Crippen LogP contribution in [0.5, 0.6) is 0 Å². The summed E-state index contributed by atoms with van der Waals surface area (Å²) in [5.74, 6) is 1.30. The fourth-order valence-electron chi connectivity index (χ4n) is 3.43. The van der Waals surface area contributed by atoms with E-state index in [1.165, 1.54) is 29.7 Å². The first kappa shape index (κ1) is 14.4. The Labute approximate surface area is 135 Å². The molecule has 2 aromatic heterocycles. The van der Waals surface area contributed by atoms with Crippen molar-refractivity contribution in [2.75, 3.05) is 20.3 Å². The molecule has 118 valence electrons. The Bertz CT molecular complexity index is 618. The summed E-state index contributed by atoms with van der Waals surface area (Å²) in [6.07, 6.45) is 4.83. The Balaban J connectivity index is 1.56. The molecule has 0 spiro atoms. The number of ether oxygens (including phenoxy) is 1. The van der Waals surface area contributed by atoms with Crippen LogP contribution >= 0.6 is 11.3 Å². The van der Waals surface area contributed by atoms with Crippen molar-refractivity contribution in [1.82, 2.24) is 14.7 Å². The summed E-state index contributed by atoms with van der Waals surface area (Å²) in [5, 5.41) is 9.09. The van der Waals surface area contributed by atoms with Crippen molar-refractivity contribution in [3.8, 4) is 0 Å². The molecule has 1 aliphatic heterocycles. The molecule has 2 aliphatic rings. The second-order valence-electron chi connectivity index (χ2n) is 6.63. The molecule has 0 bridgehead atoms. The molecule has 0 N–H and O–H groups in total. The normalized spacial score (nSPS) is 22.0. The lowest BCUT2D eigenvalue weighted by atomic mass is 9.95. The number of rotatable bonds is 6. The maximum atomic E-state index is 5.46. The highest BCUT2D eigenvalue weighted by Gasteiger charge is 2.31. The van der Waals surface area contributed by atoms with Crippen LogP contribution in [0.25, 0.3) is 0 Å². The van der Waals surface area contributed by atoms with Crippen LogP contribution in [0, 0.1) is 5.92 Å². The monoisotopic (exact) mass is 317 g/mol. The van der Waals surface area contributed by atoms with Gasteiger partial charge in [-0.25, -0.2) is 0 Å². The fraction of sp³-hybridized carbons (Fsp3) is 0.588. The molecule has 0 aromatic carbocycles. The first-order chi connectivity index (χ1) is 10.8. The Morgan fingerprint density at radius 1 is 1.41 bits per heavy atom. The minimum Gasteiger partial charge on any atom is -0.384 e. The van der Waals surface area contributed by atoms with Gasteiger partial charge in [0.25, 0.3) is 0 Å². The average molecular weight is 317 g/mol. The number of thiophene rings is 1. The zero-order valence-corrected chi connectivity index (χ0v) is 13.9. The molecule has 22 heavy (non-hydrogen) atoms. The summed E-state index contributed by atoms with van der Waals surface area (Å²) in [6.45, 7) is 4.98. The Hall–Kier alpha value is -1.17. The number of nitrogens with zero attached hydrogens (tertiary/aromatic N) is 3. The van der Waals surface area contributed by atoms with Crippen LogP contribution in [0.3, 0.4) is 0 Å². The fourth-order valence-corrected chi connectivity index (χ4v) is 4.09. The number of aromatic nitrogens is 2. The van der Waals surface area contributed by atoms with Crippen molar-refractivity contribution in [3.05, 3.63) is 39.8 Å². The molecule has 3 heterocycles. The van der Waals surface area contributed by atoms with Gasteiger partial charge in [-0.3, -0.25) is 9.58 Å². The molecule has 1 saturated carbocycles. The van der Waals surface area contributed by atoms with Crippen molar-refractivity contribution in [1.29, 1.82) is 0 Å². The SMILES string of the molecule is COCC1CN(Cc2ccsc2)Cc2c1cnn2CC1CC1. The number of hydrogen-bond acceptors (Lipinski definition) is 4. The van der Waals surface area contributed by atoms with Gasteiger partial charge in [-0.05, 0) is 41.1 Å². The summed E-state index contributed by atoms with van der Waals surface area (Å²) >= 11 is 1.78. The van der Waals surface area contributed by atoms with Crippen molar-refractivity contribution >= 4 is 11.3 Å². The molecule has 1 aliphatic carbocycles. The summed E-state index contributed by atoms with van der Waals surface area (Å²) in [4.78, 5) is 2.54. The third-order valence-corrected chi connectivity index (χ3v) is 5.49. The lowest BCUT2D eigenvalue weighted by Gasteiger charge is -2.32. The molecule has 0 amide bonds. The van der Waals surface area contributed by atoms with Gasteiger partial charge in [0.2, 0.25) is 0 Å². The zero-order chi connectivity index (χ0) is 14.9. The number of methoxy groups -OCH3 is 1. The smallest absolute Gasteiger partial charge is 0.0560 e. The zero-order valence-electron chi connectivity index (χ0n) is 13.1. The van der Waals surface area contributed by atoms with Crippen LogP contribution in [-0.2, 0) is 24.4 Å². The van der Waals surface area contributed by atoms with Crippen LogP contribution < -0.4 is 0 Å². The predicted molar refractivity (Wildman–Crippen MR) is 88.0 cm³/mol. The predicted octanol–water partition coefficient (Wildman–Crippen LogP) is 3.10. The van der Waals surface area contributed by atoms with E-state index in [0.717, 1.165) is 38.7 Å². The van der Waals surface area contributed by atoms with Crippen molar-refractivity contribution in [3.63, 3.8) is 0 Å². The molecule has 0 radical (unpaired) electrons. The largest absolute Gasteiger partial charge is 0.384 e. The standard InChI is InChI=1S/C17H23N3OS/c1-21-11-15-9-19(7-14-4-5-22-12-14)10-17-16(15)6-18-20(17)8-13-2-3-13/h4-6,12-13,15H,2-3,7-11H2,1H3. The Morgan fingerprint density at radius 2 is 2.32 bits per heavy atom. The first-order valence-corrected chi connectivity index (χ1v) is 9.04. The van der Waals surface area contributed by atoms with Gasteiger partial charge >= 0.3 is 0 Å². The summed E-state index contributed by atoms with van der Waals surface area (Å²) in [7, 11) is 1.80. The van der Waals surface area contributed by atoms with Gasteiger partial charge in [0.05, 0.1) is 18.5 Å². The molecule has 5 heteroatoms. The highest BCUT2D eigenvalue weighted by atomic mass is 32.1. The Kier molecular flexibility index (Phi) is 4.03. The number of hydrogen-bond donors (Lipinski definition) is 0. The second-order valence-corrected chi connectivity index (χ2v) is 7.41. The molecule has 1 unspecified atom stereocenters. The molecule has 1 atom stereocenters. The van der Waals surface area contributed by atoms with Gasteiger partial charge in [0.1, 0.15) is 0 Å². The maximum absolute atomic E-state index is 5.46. The number of fused-ring (bicyclic) bond motifs is 1. The molecule has 4 rings (SSSR count). The first-order valence-electron chi connectivity index (χ1n) is 8.10. The van der Waals surface area contributed by atoms with E-state index in [1.807, 2.05) is 0 Å². The van der Waals surface area contributed by atoms with Gasteiger partial charge in [0.15, 0.2) is 0 Å². The maximum Gasteiger partial charge on any atom is 0.0560 e. The summed E-state index contributed by atoms with van der Waals surface area (Å²) in [5.41, 5.74) is 4.23. The van der Waals surface area contributed by atoms with E-state index in [0.29, 0.717) is 5.92 Å². The molecule has 0 saturated heterocycles. The van der Waals surface area contributed by atoms with Crippen molar-refractivity contribution in [2.45, 2.75) is 38.4 Å². The quantitative estimate of drug-likeness (QED) is 0.820. The van der Waals surface area contributed by atoms with E-state index in [4.69, 9.17) is 4.74 Å². The van der Waals surface area contributed by atoms with Gasteiger partial charge < -0.3 is 4.74 Å². The average Bonchev–Trinajstić information content (AvgIpc) is 3.01. The molecular formula is C17H23N3OS. The van der Waals surface area contributed by atoms with Crippen LogP contribution in [0.2, 0.25) is 0 Å². The lowest BCUT2D eigenvalue weighted by Crippen LogP contribution is -2.35. The van der Waals surface area contributed by atoms with Gasteiger partial charge in [0, 0.05) is 44.8 Å². The third kappa shape index (κ3) is 2.98. The topological polar surface area (TPSA) is 30.3 Å². The lowest BCUT2D eigenvalue weighted by molar-refractivity contribution is 0.134. The van der Waals surface area contributed by atoms with Crippen molar-refractivity contribution in [2.24, 2.45) is 5.92 Å². The minimum absolute atomic E-state index is 0.445. The Morgan fingerprint density at radius 3 is 3.05 bits per heavy atom. The van der Waals surface area contributed by atoms with Gasteiger partial charge in [-0.1, -0.05) is 0 Å². The third-order valence-electron chi connectivity index (χ3n) is 4.75. The molecule has 4 nitrogen and oxygen atoms in total. The van der Waals surface area contributed by atoms with Crippen LogP contribution in [0.1, 0.15) is 35.6 Å². The van der Waals surface area contributed by atoms with Gasteiger partial charge in [-0.15, -0.1) is 0 Å². The summed E-state index contributed by atoms with van der Waals surface area (Å²) < 4.78 is 7.72. The van der Waals surface area contributed by atoms with E-state index in [9.17, 15) is 0 Å². The van der Waals surface area contributed by atoms with E-state index in [1.54, 1.807) is 18.4 Å². The van der Waals surface area contributed by atoms with E-state index >= 15 is 0 Å². The van der Waals surface area contributed by atoms with Crippen molar-refractivity contribution < 1.29 is 4.74 Å². The second kappa shape index (κ2) is 6.14. The molecule has 1 fully saturated rings. The highest BCUT2D eigenvalue weighted by molar-refractivity contribution is 7.07. The van der Waals surface area contributed by atoms with E-state index in [2.05, 4.69) is 37.7 Å².